The second-order valence-electron chi connectivity index (χ2n) is 3.90. The molecule has 120 valence electrons. The van der Waals surface area contributed by atoms with Crippen LogP contribution in [0.3, 0.4) is 0 Å². The standard InChI is InChI=1S/C14H15ClFNO5/c1-4-22-13-9(15)5-8(6-10(13)16)17-11(14(19)21-3)7-12(18)20-2/h5-7,17H,4H2,1-3H3/b11-7+. The fraction of sp³-hybridized carbons (Fsp3) is 0.286. The van der Waals surface area contributed by atoms with Crippen molar-refractivity contribution in [2.75, 3.05) is 26.1 Å². The number of nitrogens with one attached hydrogen (secondary N) is 1. The number of anilines is 1. The van der Waals surface area contributed by atoms with Gasteiger partial charge in [-0.25, -0.2) is 14.0 Å². The topological polar surface area (TPSA) is 73.9 Å². The molecule has 8 heteroatoms. The summed E-state index contributed by atoms with van der Waals surface area (Å²) >= 11 is 5.91. The summed E-state index contributed by atoms with van der Waals surface area (Å²) in [5, 5.41) is 2.57. The van der Waals surface area contributed by atoms with Crippen LogP contribution in [0.4, 0.5) is 10.1 Å². The minimum atomic E-state index is -0.823. The van der Waals surface area contributed by atoms with Gasteiger partial charge in [0.15, 0.2) is 11.6 Å². The van der Waals surface area contributed by atoms with Crippen molar-refractivity contribution in [2.24, 2.45) is 0 Å². The molecule has 0 spiro atoms. The molecule has 0 bridgehead atoms. The van der Waals surface area contributed by atoms with Crippen LogP contribution < -0.4 is 10.1 Å². The van der Waals surface area contributed by atoms with Gasteiger partial charge in [-0.15, -0.1) is 0 Å². The number of methoxy groups -OCH3 is 2. The zero-order valence-electron chi connectivity index (χ0n) is 12.2. The van der Waals surface area contributed by atoms with Gasteiger partial charge in [-0.3, -0.25) is 0 Å². The lowest BCUT2D eigenvalue weighted by molar-refractivity contribution is -0.138. The van der Waals surface area contributed by atoms with E-state index in [1.54, 1.807) is 6.92 Å². The van der Waals surface area contributed by atoms with Crippen molar-refractivity contribution >= 4 is 29.2 Å². The number of ether oxygens (including phenoxy) is 3. The van der Waals surface area contributed by atoms with Gasteiger partial charge in [0.1, 0.15) is 5.70 Å². The number of esters is 2. The zero-order valence-corrected chi connectivity index (χ0v) is 13.0. The van der Waals surface area contributed by atoms with Crippen LogP contribution in [-0.4, -0.2) is 32.8 Å². The largest absolute Gasteiger partial charge is 0.489 e. The Labute approximate surface area is 131 Å². The van der Waals surface area contributed by atoms with Crippen molar-refractivity contribution < 1.29 is 28.2 Å². The van der Waals surface area contributed by atoms with Gasteiger partial charge in [-0.1, -0.05) is 11.6 Å². The van der Waals surface area contributed by atoms with Crippen molar-refractivity contribution in [3.8, 4) is 5.75 Å². The molecule has 1 rings (SSSR count). The van der Waals surface area contributed by atoms with Crippen LogP contribution in [0.1, 0.15) is 6.92 Å². The van der Waals surface area contributed by atoms with Gasteiger partial charge < -0.3 is 19.5 Å². The Balaban J connectivity index is 3.11. The Bertz CT molecular complexity index is 580. The number of halogens is 2. The molecule has 0 aliphatic heterocycles. The van der Waals surface area contributed by atoms with Crippen LogP contribution in [0.2, 0.25) is 5.02 Å². The van der Waals surface area contributed by atoms with Crippen molar-refractivity contribution in [1.29, 1.82) is 0 Å². The molecule has 1 N–H and O–H groups in total. The number of carbonyl (C=O) groups is 2. The second kappa shape index (κ2) is 8.23. The van der Waals surface area contributed by atoms with E-state index in [0.717, 1.165) is 26.4 Å². The Morgan fingerprint density at radius 2 is 2.00 bits per heavy atom. The summed E-state index contributed by atoms with van der Waals surface area (Å²) in [5.74, 6) is -2.40. The third-order valence-corrected chi connectivity index (χ3v) is 2.72. The highest BCUT2D eigenvalue weighted by molar-refractivity contribution is 6.32. The summed E-state index contributed by atoms with van der Waals surface area (Å²) in [6, 6.07) is 2.43. The van der Waals surface area contributed by atoms with E-state index >= 15 is 0 Å². The maximum atomic E-state index is 13.9. The van der Waals surface area contributed by atoms with Crippen LogP contribution in [0, 0.1) is 5.82 Å². The Hall–Kier alpha value is -2.28. The van der Waals surface area contributed by atoms with E-state index < -0.39 is 17.8 Å². The van der Waals surface area contributed by atoms with E-state index in [1.807, 2.05) is 0 Å². The number of rotatable bonds is 6. The van der Waals surface area contributed by atoms with Crippen LogP contribution in [0.15, 0.2) is 23.9 Å². The maximum Gasteiger partial charge on any atom is 0.354 e. The molecule has 0 aliphatic rings. The first kappa shape index (κ1) is 17.8. The molecule has 0 aliphatic carbocycles. The van der Waals surface area contributed by atoms with E-state index in [-0.39, 0.29) is 28.8 Å². The Morgan fingerprint density at radius 1 is 1.32 bits per heavy atom. The molecule has 0 atom stereocenters. The lowest BCUT2D eigenvalue weighted by Gasteiger charge is -2.12. The van der Waals surface area contributed by atoms with E-state index in [2.05, 4.69) is 14.8 Å². The fourth-order valence-electron chi connectivity index (χ4n) is 1.50. The fourth-order valence-corrected chi connectivity index (χ4v) is 1.76. The average molecular weight is 332 g/mol. The third kappa shape index (κ3) is 4.63. The van der Waals surface area contributed by atoms with E-state index in [9.17, 15) is 14.0 Å². The maximum absolute atomic E-state index is 13.9. The molecule has 22 heavy (non-hydrogen) atoms. The molecule has 0 fully saturated rings. The highest BCUT2D eigenvalue weighted by Crippen LogP contribution is 2.31. The molecule has 0 amide bonds. The molecule has 0 saturated heterocycles. The predicted octanol–water partition coefficient (Wildman–Crippen LogP) is 2.52. The third-order valence-electron chi connectivity index (χ3n) is 2.43. The zero-order chi connectivity index (χ0) is 16.7. The molecule has 0 aromatic heterocycles. The van der Waals surface area contributed by atoms with Crippen molar-refractivity contribution in [3.63, 3.8) is 0 Å². The molecular weight excluding hydrogens is 317 g/mol. The van der Waals surface area contributed by atoms with E-state index in [4.69, 9.17) is 16.3 Å². The number of benzene rings is 1. The number of hydrogen-bond acceptors (Lipinski definition) is 6. The molecule has 0 unspecified atom stereocenters. The van der Waals surface area contributed by atoms with Gasteiger partial charge >= 0.3 is 11.9 Å². The number of carbonyl (C=O) groups excluding carboxylic acids is 2. The van der Waals surface area contributed by atoms with Crippen LogP contribution >= 0.6 is 11.6 Å². The Kier molecular flexibility index (Phi) is 6.65. The van der Waals surface area contributed by atoms with Gasteiger partial charge in [-0.05, 0) is 13.0 Å². The summed E-state index contributed by atoms with van der Waals surface area (Å²) in [6.07, 6.45) is 0.883. The minimum Gasteiger partial charge on any atom is -0.489 e. The second-order valence-corrected chi connectivity index (χ2v) is 4.31. The summed E-state index contributed by atoms with van der Waals surface area (Å²) in [7, 11) is 2.29. The average Bonchev–Trinajstić information content (AvgIpc) is 2.49. The van der Waals surface area contributed by atoms with Crippen LogP contribution in [0.5, 0.6) is 5.75 Å². The first-order chi connectivity index (χ1) is 10.4. The van der Waals surface area contributed by atoms with E-state index in [0.29, 0.717) is 0 Å². The molecule has 0 heterocycles. The quantitative estimate of drug-likeness (QED) is 0.638. The summed E-state index contributed by atoms with van der Waals surface area (Å²) in [6.45, 7) is 1.94. The lowest BCUT2D eigenvalue weighted by atomic mass is 10.2. The summed E-state index contributed by atoms with van der Waals surface area (Å²) in [5.41, 5.74) is -0.0829. The Morgan fingerprint density at radius 3 is 2.50 bits per heavy atom. The highest BCUT2D eigenvalue weighted by Gasteiger charge is 2.16. The van der Waals surface area contributed by atoms with Gasteiger partial charge in [0.2, 0.25) is 0 Å². The molecule has 0 radical (unpaired) electrons. The first-order valence-electron chi connectivity index (χ1n) is 6.19. The van der Waals surface area contributed by atoms with Crippen molar-refractivity contribution in [2.45, 2.75) is 6.92 Å². The minimum absolute atomic E-state index is 0.0200. The summed E-state index contributed by atoms with van der Waals surface area (Å²) in [4.78, 5) is 22.8. The normalized spacial score (nSPS) is 10.9. The van der Waals surface area contributed by atoms with Crippen molar-refractivity contribution in [3.05, 3.63) is 34.7 Å². The van der Waals surface area contributed by atoms with Crippen LogP contribution in [-0.2, 0) is 19.1 Å². The molecular formula is C14H15ClFNO5. The molecule has 1 aromatic carbocycles. The number of hydrogen-bond donors (Lipinski definition) is 1. The molecule has 1 aromatic rings. The van der Waals surface area contributed by atoms with E-state index in [1.165, 1.54) is 6.07 Å². The van der Waals surface area contributed by atoms with Gasteiger partial charge in [0, 0.05) is 11.8 Å². The lowest BCUT2D eigenvalue weighted by Crippen LogP contribution is -2.15. The van der Waals surface area contributed by atoms with Gasteiger partial charge in [-0.2, -0.15) is 0 Å². The summed E-state index contributed by atoms with van der Waals surface area (Å²) < 4.78 is 27.9. The molecule has 0 saturated carbocycles. The first-order valence-corrected chi connectivity index (χ1v) is 6.57. The van der Waals surface area contributed by atoms with Crippen molar-refractivity contribution in [1.82, 2.24) is 0 Å². The smallest absolute Gasteiger partial charge is 0.354 e. The monoisotopic (exact) mass is 331 g/mol. The van der Waals surface area contributed by atoms with Gasteiger partial charge in [0.25, 0.3) is 0 Å². The predicted molar refractivity (Wildman–Crippen MR) is 78.3 cm³/mol. The highest BCUT2D eigenvalue weighted by atomic mass is 35.5. The molecule has 6 nitrogen and oxygen atoms in total. The van der Waals surface area contributed by atoms with Crippen LogP contribution in [0.25, 0.3) is 0 Å². The SMILES string of the molecule is CCOc1c(F)cc(N/C(=C/C(=O)OC)C(=O)OC)cc1Cl. The van der Waals surface area contributed by atoms with Gasteiger partial charge in [0.05, 0.1) is 31.9 Å².